The zero-order valence-corrected chi connectivity index (χ0v) is 87.1. The number of aliphatic hydroxyl groups is 1. The van der Waals surface area contributed by atoms with Gasteiger partial charge in [-0.15, -0.1) is 9.98 Å². The molecule has 40 nitrogen and oxygen atoms in total. The molecule has 0 radical (unpaired) electrons. The van der Waals surface area contributed by atoms with Crippen molar-refractivity contribution in [1.82, 2.24) is 71.3 Å². The van der Waals surface area contributed by atoms with Crippen LogP contribution in [0.4, 0.5) is 73.1 Å². The normalized spacial score (nSPS) is 10.3. The van der Waals surface area contributed by atoms with Crippen LogP contribution in [0.25, 0.3) is 21.8 Å². The number of hydrogen-bond donors (Lipinski definition) is 12. The standard InChI is InChI=1S/C11H8Cl4FN3O4.C10H12ClFN2O2.C8H8ClFN2O2.C7HCl3FN3.C7H3ClFN3O2.C6H3ClFNO2.C5H3ClFIN2.C5H4ClFN2.2C3Cl3NO2.C2H2Cl3NO.CH4O.H3N/c1-2-23-8(20)4-3-17-7(12)5(16)6(4)18-10(22)19-9(21)11(13,14)15;1-10(2,3)16-9(15)14-6-4-5-13-8(11)7(6)12;1-2-14-8(13)4-3-12-7(9)5(10)6(4)11;8-5-2-1-12-6(9)3(11)4(2)13-7(10)14-5;8-5-3(9)4-2(1-10-5)6(13)12-7(14)11-4;7-5-4(8)3(6(10)11)1-2-9-5;6-5-3(7)4(9)2(8)1-10-5;6-5-4(7)3(8)1-2-9-5;2*4-3(5,6)2(9)7-1-8;3-2(4,5)1(6)7;1-2;/h3H,2H2,1H3,(H2,17,18,19,21,22);4-5H,1-3H3,(H,13,14,15);3H,2H2,1H3,(H2,11,12);1H;1H,(H2,11,12,13,14);1-2H,(H,10,11);1H,(H2,9,10);1-2H,(H2,8,9);;;(H2,6,7);2H,1H3;1H3. The van der Waals surface area contributed by atoms with Gasteiger partial charge < -0.3 is 63.8 Å². The first-order valence-electron chi connectivity index (χ1n) is 33.6. The first-order valence-corrected chi connectivity index (χ1v) is 43.0. The number of pyridine rings is 8. The number of carboxylic acid groups (broad SMARTS) is 1. The summed E-state index contributed by atoms with van der Waals surface area (Å²) in [6.07, 6.45) is 10.7. The number of anilines is 5. The fourth-order valence-electron chi connectivity index (χ4n) is 6.77. The highest BCUT2D eigenvalue weighted by Crippen LogP contribution is 2.33. The van der Waals surface area contributed by atoms with Gasteiger partial charge in [-0.3, -0.25) is 39.6 Å². The van der Waals surface area contributed by atoms with Gasteiger partial charge in [0.05, 0.1) is 67.1 Å². The number of primary amides is 1. The van der Waals surface area contributed by atoms with E-state index in [1.54, 1.807) is 33.0 Å². The lowest BCUT2D eigenvalue weighted by Gasteiger charge is -2.19. The lowest BCUT2D eigenvalue weighted by molar-refractivity contribution is -0.119. The number of isocyanates is 2. The number of nitrogens with zero attached hydrogens (tertiary/aromatic N) is 12. The fourth-order valence-corrected chi connectivity index (χ4v) is 9.18. The Kier molecular flexibility index (Phi) is 62.2. The molecule has 758 valence electrons. The third-order valence-electron chi connectivity index (χ3n) is 12.4. The van der Waals surface area contributed by atoms with Crippen LogP contribution in [0.3, 0.4) is 0 Å². The number of imide groups is 1. The van der Waals surface area contributed by atoms with Crippen molar-refractivity contribution in [3.63, 3.8) is 0 Å². The van der Waals surface area contributed by atoms with Gasteiger partial charge in [-0.25, -0.2) is 123 Å². The maximum absolute atomic E-state index is 14.0. The summed E-state index contributed by atoms with van der Waals surface area (Å²) in [5, 5.41) is 18.6. The second-order valence-corrected chi connectivity index (χ2v) is 36.9. The predicted octanol–water partition coefficient (Wildman–Crippen LogP) is 19.6. The molecule has 10 rings (SSSR count). The number of nitrogens with two attached hydrogens (primary N) is 4. The van der Waals surface area contributed by atoms with Crippen LogP contribution in [0.1, 0.15) is 65.7 Å². The molecule has 0 saturated carbocycles. The van der Waals surface area contributed by atoms with Crippen molar-refractivity contribution in [2.45, 2.75) is 55.4 Å². The van der Waals surface area contributed by atoms with Gasteiger partial charge >= 0.3 is 47.5 Å². The summed E-state index contributed by atoms with van der Waals surface area (Å²) in [4.78, 5) is 183. The number of fused-ring (bicyclic) bond motifs is 2. The number of carboxylic acids is 1. The Morgan fingerprint density at radius 1 is 0.489 bits per heavy atom. The molecule has 10 aromatic rings. The number of carbonyl (C=O) groups excluding carboxylic acids is 10. The smallest absolute Gasteiger partial charge is 0.412 e. The first kappa shape index (κ1) is 135. The minimum Gasteiger partial charge on any atom is -0.478 e. The average Bonchev–Trinajstić information content (AvgIpc) is 0.793. The van der Waals surface area contributed by atoms with Gasteiger partial charge in [0.25, 0.3) is 32.5 Å². The Hall–Kier alpha value is -8.46. The molecule has 0 aliphatic rings. The highest BCUT2D eigenvalue weighted by atomic mass is 127. The summed E-state index contributed by atoms with van der Waals surface area (Å²) in [7, 11) is 1.00. The van der Waals surface area contributed by atoms with Crippen molar-refractivity contribution in [1.29, 1.82) is 0 Å². The molecule has 0 atom stereocenters. The molecule has 0 unspecified atom stereocenters. The van der Waals surface area contributed by atoms with E-state index >= 15 is 0 Å². The molecular weight excluding hydrogens is 2470 g/mol. The third kappa shape index (κ3) is 48.9. The summed E-state index contributed by atoms with van der Waals surface area (Å²) in [6.45, 7) is 8.47. The molecule has 71 heteroatoms. The number of alkyl halides is 12. The summed E-state index contributed by atoms with van der Waals surface area (Å²) < 4.78 is 111. The zero-order chi connectivity index (χ0) is 107. The number of aromatic nitrogens is 12. The van der Waals surface area contributed by atoms with E-state index in [2.05, 4.69) is 85.3 Å². The number of esters is 2. The SMILES string of the molecule is CC(C)(C)OC(=O)Nc1ccnc(Cl)c1F.CCOC(=O)c1cnc(Cl)c(F)c1N.CCOC(=O)c1cnc(Cl)c(F)c1NC(=O)NC(=O)C(Cl)(Cl)Cl.CO.Fc1c(Cl)ncc2c(Cl)nc(Cl)nc12.N.NC(=O)C(Cl)(Cl)Cl.Nc1c(I)cnc(Cl)c1F.Nc1ccnc(Cl)c1F.O=C(O)c1ccnc(Cl)c1F.O=C=NC(=O)C(Cl)(Cl)Cl.O=C=NC(=O)C(Cl)(Cl)Cl.O=c1[nH]c(=O)c2cnc(Cl)c(F)c2[nH]1. The molecule has 0 bridgehead atoms. The number of nitrogens with one attached hydrogen (secondary N) is 5. The summed E-state index contributed by atoms with van der Waals surface area (Å²) in [5.74, 6) is -14.4. The lowest BCUT2D eigenvalue weighted by Crippen LogP contribution is -2.41. The van der Waals surface area contributed by atoms with Gasteiger partial charge in [0.2, 0.25) is 17.4 Å². The highest BCUT2D eigenvalue weighted by molar-refractivity contribution is 14.1. The van der Waals surface area contributed by atoms with Crippen LogP contribution in [0, 0.1) is 50.1 Å². The van der Waals surface area contributed by atoms with E-state index in [1.807, 2.05) is 32.9 Å². The van der Waals surface area contributed by atoms with Gasteiger partial charge in [0.15, 0.2) is 87.8 Å². The number of urea groups is 1. The minimum absolute atomic E-state index is 0. The topological polar surface area (TPSA) is 650 Å². The maximum atomic E-state index is 14.0. The van der Waals surface area contributed by atoms with Crippen LogP contribution < -0.4 is 56.3 Å². The van der Waals surface area contributed by atoms with Crippen LogP contribution in [0.15, 0.2) is 87.3 Å². The van der Waals surface area contributed by atoms with Crippen LogP contribution in [-0.4, -0.2) is 177 Å². The first-order chi connectivity index (χ1) is 63.5. The number of amides is 7. The number of hydrogen-bond acceptors (Lipinski definition) is 31. The van der Waals surface area contributed by atoms with Crippen LogP contribution in [-0.2, 0) is 43.0 Å². The number of aromatic amines is 2. The van der Waals surface area contributed by atoms with Crippen molar-refractivity contribution < 1.29 is 112 Å². The van der Waals surface area contributed by atoms with Crippen molar-refractivity contribution in [2.75, 3.05) is 48.2 Å². The molecule has 7 amide bonds. The van der Waals surface area contributed by atoms with Crippen LogP contribution >= 0.6 is 278 Å². The summed E-state index contributed by atoms with van der Waals surface area (Å²) in [5.41, 5.74) is 15.9. The van der Waals surface area contributed by atoms with Gasteiger partial charge in [0, 0.05) is 56.7 Å². The van der Waals surface area contributed by atoms with E-state index in [-0.39, 0.29) is 106 Å². The number of carbonyl (C=O) groups is 9. The number of ether oxygens (including phenoxy) is 3. The molecule has 0 aromatic carbocycles. The van der Waals surface area contributed by atoms with Crippen molar-refractivity contribution in [3.05, 3.63) is 207 Å². The Bertz CT molecular complexity index is 6170. The number of aromatic carboxylic acids is 1. The Morgan fingerprint density at radius 2 is 0.892 bits per heavy atom. The van der Waals surface area contributed by atoms with E-state index in [4.69, 9.17) is 287 Å². The molecule has 18 N–H and O–H groups in total. The molecule has 0 aliphatic heterocycles. The Morgan fingerprint density at radius 3 is 1.31 bits per heavy atom. The van der Waals surface area contributed by atoms with Crippen molar-refractivity contribution in [2.24, 2.45) is 15.7 Å². The van der Waals surface area contributed by atoms with E-state index in [1.165, 1.54) is 43.8 Å². The van der Waals surface area contributed by atoms with E-state index < -0.39 is 164 Å². The number of halogens is 31. The predicted molar refractivity (Wildman–Crippen MR) is 517 cm³/mol. The summed E-state index contributed by atoms with van der Waals surface area (Å²) >= 11 is 116. The second-order valence-electron chi connectivity index (χ2n) is 23.0. The monoisotopic (exact) mass is 2510 g/mol. The van der Waals surface area contributed by atoms with Gasteiger partial charge in [-0.05, 0) is 87.0 Å². The highest BCUT2D eigenvalue weighted by Gasteiger charge is 2.34. The molecule has 139 heavy (non-hydrogen) atoms. The zero-order valence-electron chi connectivity index (χ0n) is 68.3. The van der Waals surface area contributed by atoms with Crippen molar-refractivity contribution in [3.8, 4) is 0 Å². The molecule has 0 saturated heterocycles. The maximum Gasteiger partial charge on any atom is 0.412 e. The van der Waals surface area contributed by atoms with E-state index in [0.29, 0.717) is 3.57 Å². The molecule has 0 aliphatic carbocycles. The Balaban J connectivity index is -0.00000148. The Labute approximate surface area is 895 Å². The lowest BCUT2D eigenvalue weighted by atomic mass is 10.2. The average molecular weight is 2520 g/mol. The van der Waals surface area contributed by atoms with Crippen LogP contribution in [0.5, 0.6) is 0 Å². The fraction of sp³-hybridized carbons (Fsp3) is 0.191. The van der Waals surface area contributed by atoms with Crippen molar-refractivity contribution >= 4 is 394 Å². The molecule has 0 fully saturated rings. The molecular formula is C68H51Cl22F8IN22O18. The molecule has 0 spiro atoms. The quantitative estimate of drug-likeness (QED) is 0.00673. The number of aliphatic imine (C=N–C) groups is 2. The van der Waals surface area contributed by atoms with Gasteiger partial charge in [-0.1, -0.05) is 244 Å². The second kappa shape index (κ2) is 64.2. The number of nitrogen functional groups attached to an aromatic ring is 3. The minimum atomic E-state index is -2.41. The largest absolute Gasteiger partial charge is 0.478 e. The van der Waals surface area contributed by atoms with E-state index in [0.717, 1.165) is 50.1 Å². The van der Waals surface area contributed by atoms with Gasteiger partial charge in [-0.2, -0.15) is 0 Å². The van der Waals surface area contributed by atoms with E-state index in [9.17, 15) is 97.5 Å². The summed E-state index contributed by atoms with van der Waals surface area (Å²) in [6, 6.07) is 2.43. The number of aliphatic hydroxyl groups excluding tert-OH is 1. The van der Waals surface area contributed by atoms with Crippen LogP contribution in [0.2, 0.25) is 51.7 Å². The third-order valence-corrected chi connectivity index (χ3v) is 17.9. The molecule has 10 heterocycles. The van der Waals surface area contributed by atoms with Gasteiger partial charge in [0.1, 0.15) is 27.4 Å². The molecule has 10 aromatic heterocycles. The number of H-pyrrole nitrogens is 2. The number of rotatable bonds is 7.